The Hall–Kier alpha value is -1.59. The Balaban J connectivity index is 1.28. The van der Waals surface area contributed by atoms with Gasteiger partial charge in [-0.15, -0.1) is 0 Å². The van der Waals surface area contributed by atoms with E-state index in [1.807, 2.05) is 30.3 Å². The Labute approximate surface area is 131 Å². The molecule has 0 aromatic heterocycles. The molecule has 1 aliphatic carbocycles. The van der Waals surface area contributed by atoms with Crippen molar-refractivity contribution in [1.82, 2.24) is 10.6 Å². The van der Waals surface area contributed by atoms with Crippen molar-refractivity contribution in [3.05, 3.63) is 35.9 Å². The predicted molar refractivity (Wildman–Crippen MR) is 83.5 cm³/mol. The summed E-state index contributed by atoms with van der Waals surface area (Å²) >= 11 is 0. The Morgan fingerprint density at radius 2 is 2.00 bits per heavy atom. The molecular formula is C17H24N2O3. The second-order valence-electron chi connectivity index (χ2n) is 6.76. The summed E-state index contributed by atoms with van der Waals surface area (Å²) in [5.41, 5.74) is 1.30. The lowest BCUT2D eigenvalue weighted by atomic mass is 9.84. The predicted octanol–water partition coefficient (Wildman–Crippen LogP) is 2.07. The first-order valence-corrected chi connectivity index (χ1v) is 7.91. The van der Waals surface area contributed by atoms with E-state index < -0.39 is 0 Å². The minimum Gasteiger partial charge on any atom is -0.445 e. The number of alkyl carbamates (subject to hydrolysis) is 1. The Bertz CT molecular complexity index is 496. The molecule has 3 rings (SSSR count). The number of nitrogens with one attached hydrogen (secondary N) is 2. The van der Waals surface area contributed by atoms with Gasteiger partial charge < -0.3 is 20.1 Å². The van der Waals surface area contributed by atoms with Gasteiger partial charge in [0.15, 0.2) is 0 Å². The number of carbonyl (C=O) groups excluding carboxylic acids is 1. The van der Waals surface area contributed by atoms with Crippen LogP contribution in [0.1, 0.15) is 25.3 Å². The van der Waals surface area contributed by atoms with Gasteiger partial charge in [0.25, 0.3) is 0 Å². The molecule has 0 radical (unpaired) electrons. The van der Waals surface area contributed by atoms with E-state index in [9.17, 15) is 4.79 Å². The highest BCUT2D eigenvalue weighted by molar-refractivity contribution is 5.67. The third-order valence-corrected chi connectivity index (χ3v) is 4.39. The Morgan fingerprint density at radius 3 is 2.64 bits per heavy atom. The van der Waals surface area contributed by atoms with E-state index in [0.29, 0.717) is 18.1 Å². The van der Waals surface area contributed by atoms with Gasteiger partial charge in [-0.3, -0.25) is 0 Å². The van der Waals surface area contributed by atoms with Crippen LogP contribution >= 0.6 is 0 Å². The minimum atomic E-state index is -0.327. The maximum absolute atomic E-state index is 11.7. The van der Waals surface area contributed by atoms with Gasteiger partial charge in [0.2, 0.25) is 0 Å². The minimum absolute atomic E-state index is 0.228. The molecular weight excluding hydrogens is 280 g/mol. The van der Waals surface area contributed by atoms with Gasteiger partial charge in [-0.25, -0.2) is 4.79 Å². The lowest BCUT2D eigenvalue weighted by Gasteiger charge is -2.42. The molecule has 0 bridgehead atoms. The van der Waals surface area contributed by atoms with E-state index in [1.54, 1.807) is 0 Å². The number of hydrogen-bond acceptors (Lipinski definition) is 4. The zero-order chi connectivity index (χ0) is 15.4. The van der Waals surface area contributed by atoms with Crippen molar-refractivity contribution in [2.75, 3.05) is 19.8 Å². The largest absolute Gasteiger partial charge is 0.445 e. The topological polar surface area (TPSA) is 59.6 Å². The maximum atomic E-state index is 11.7. The lowest BCUT2D eigenvalue weighted by molar-refractivity contribution is -0.101. The van der Waals surface area contributed by atoms with Crippen molar-refractivity contribution in [2.45, 2.75) is 38.5 Å². The van der Waals surface area contributed by atoms with Gasteiger partial charge in [-0.2, -0.15) is 0 Å². The number of rotatable bonds is 6. The number of benzene rings is 1. The van der Waals surface area contributed by atoms with Crippen LogP contribution in [0.15, 0.2) is 30.3 Å². The monoisotopic (exact) mass is 304 g/mol. The van der Waals surface area contributed by atoms with Crippen LogP contribution in [0.4, 0.5) is 4.79 Å². The van der Waals surface area contributed by atoms with Crippen LogP contribution in [0.5, 0.6) is 0 Å². The molecule has 1 aliphatic heterocycles. The molecule has 0 atom stereocenters. The zero-order valence-electron chi connectivity index (χ0n) is 13.0. The molecule has 2 fully saturated rings. The smallest absolute Gasteiger partial charge is 0.407 e. The van der Waals surface area contributed by atoms with E-state index >= 15 is 0 Å². The summed E-state index contributed by atoms with van der Waals surface area (Å²) in [6.07, 6.45) is 1.61. The molecule has 0 spiro atoms. The molecule has 0 unspecified atom stereocenters. The summed E-state index contributed by atoms with van der Waals surface area (Å²) in [5, 5.41) is 6.47. The van der Waals surface area contributed by atoms with E-state index in [4.69, 9.17) is 9.47 Å². The lowest BCUT2D eigenvalue weighted by Crippen LogP contribution is -2.56. The van der Waals surface area contributed by atoms with Crippen molar-refractivity contribution >= 4 is 6.09 Å². The Morgan fingerprint density at radius 1 is 1.27 bits per heavy atom. The van der Waals surface area contributed by atoms with Crippen LogP contribution in [-0.2, 0) is 16.1 Å². The molecule has 5 heteroatoms. The quantitative estimate of drug-likeness (QED) is 0.845. The third-order valence-electron chi connectivity index (χ3n) is 4.39. The van der Waals surface area contributed by atoms with E-state index in [2.05, 4.69) is 17.6 Å². The fourth-order valence-corrected chi connectivity index (χ4v) is 2.78. The van der Waals surface area contributed by atoms with Crippen molar-refractivity contribution < 1.29 is 14.3 Å². The number of carbonyl (C=O) groups is 1. The first-order valence-electron chi connectivity index (χ1n) is 7.91. The first kappa shape index (κ1) is 15.3. The third kappa shape index (κ3) is 3.99. The van der Waals surface area contributed by atoms with E-state index in [0.717, 1.165) is 38.2 Å². The molecule has 1 aromatic carbocycles. The van der Waals surface area contributed by atoms with Crippen molar-refractivity contribution in [1.29, 1.82) is 0 Å². The van der Waals surface area contributed by atoms with Crippen LogP contribution in [0.25, 0.3) is 0 Å². The second-order valence-corrected chi connectivity index (χ2v) is 6.76. The van der Waals surface area contributed by atoms with Crippen LogP contribution in [-0.4, -0.2) is 37.9 Å². The van der Waals surface area contributed by atoms with Gasteiger partial charge in [0.05, 0.1) is 13.2 Å². The summed E-state index contributed by atoms with van der Waals surface area (Å²) < 4.78 is 10.5. The fourth-order valence-electron chi connectivity index (χ4n) is 2.78. The van der Waals surface area contributed by atoms with Crippen LogP contribution in [0.3, 0.4) is 0 Å². The van der Waals surface area contributed by atoms with Gasteiger partial charge >= 0.3 is 6.09 Å². The van der Waals surface area contributed by atoms with Crippen molar-refractivity contribution in [2.24, 2.45) is 5.41 Å². The average molecular weight is 304 g/mol. The molecule has 1 saturated carbocycles. The first-order chi connectivity index (χ1) is 10.6. The number of amides is 1. The molecule has 22 heavy (non-hydrogen) atoms. The molecule has 1 saturated heterocycles. The van der Waals surface area contributed by atoms with Crippen LogP contribution < -0.4 is 10.6 Å². The summed E-state index contributed by atoms with van der Waals surface area (Å²) in [4.78, 5) is 11.7. The number of ether oxygens (including phenoxy) is 2. The molecule has 1 heterocycles. The van der Waals surface area contributed by atoms with Gasteiger partial charge in [-0.1, -0.05) is 37.3 Å². The summed E-state index contributed by atoms with van der Waals surface area (Å²) in [7, 11) is 0. The highest BCUT2D eigenvalue weighted by atomic mass is 16.5. The van der Waals surface area contributed by atoms with Gasteiger partial charge in [0, 0.05) is 24.0 Å². The van der Waals surface area contributed by atoms with Crippen LogP contribution in [0.2, 0.25) is 0 Å². The standard InChI is InChI=1S/C17H24N2O3/c1-17(11-21-12-17)10-18-14-7-15(8-14)19-16(20)22-9-13-5-3-2-4-6-13/h2-6,14-15,18H,7-12H2,1H3,(H,19,20). The van der Waals surface area contributed by atoms with Gasteiger partial charge in [-0.05, 0) is 18.4 Å². The molecule has 2 aliphatic rings. The van der Waals surface area contributed by atoms with Crippen LogP contribution in [0, 0.1) is 5.41 Å². The van der Waals surface area contributed by atoms with E-state index in [1.165, 1.54) is 0 Å². The highest BCUT2D eigenvalue weighted by Gasteiger charge is 2.36. The molecule has 5 nitrogen and oxygen atoms in total. The summed E-state index contributed by atoms with van der Waals surface area (Å²) in [6, 6.07) is 10.4. The van der Waals surface area contributed by atoms with Crippen molar-refractivity contribution in [3.8, 4) is 0 Å². The van der Waals surface area contributed by atoms with Crippen molar-refractivity contribution in [3.63, 3.8) is 0 Å². The zero-order valence-corrected chi connectivity index (χ0v) is 13.0. The SMILES string of the molecule is CC1(CNC2CC(NC(=O)OCc3ccccc3)C2)COC1. The fraction of sp³-hybridized carbons (Fsp3) is 0.588. The average Bonchev–Trinajstić information content (AvgIpc) is 2.46. The maximum Gasteiger partial charge on any atom is 0.407 e. The second kappa shape index (κ2) is 6.67. The summed E-state index contributed by atoms with van der Waals surface area (Å²) in [5.74, 6) is 0. The highest BCUT2D eigenvalue weighted by Crippen LogP contribution is 2.27. The Kier molecular flexibility index (Phi) is 4.64. The molecule has 120 valence electrons. The number of hydrogen-bond donors (Lipinski definition) is 2. The normalized spacial score (nSPS) is 25.7. The molecule has 1 aromatic rings. The van der Waals surface area contributed by atoms with Gasteiger partial charge in [0.1, 0.15) is 6.61 Å². The molecule has 1 amide bonds. The molecule has 2 N–H and O–H groups in total. The van der Waals surface area contributed by atoms with E-state index in [-0.39, 0.29) is 12.1 Å². The summed E-state index contributed by atoms with van der Waals surface area (Å²) in [6.45, 7) is 5.24.